The average molecular weight is 415 g/mol. The van der Waals surface area contributed by atoms with Crippen LogP contribution >= 0.6 is 11.6 Å². The first-order chi connectivity index (χ1) is 12.6. The molecule has 2 rings (SSSR count). The number of carboxylic acids is 1. The van der Waals surface area contributed by atoms with Crippen molar-refractivity contribution in [3.8, 4) is 5.88 Å². The van der Waals surface area contributed by atoms with Crippen LogP contribution in [0.25, 0.3) is 0 Å². The summed E-state index contributed by atoms with van der Waals surface area (Å²) >= 11 is 5.80. The van der Waals surface area contributed by atoms with Crippen LogP contribution in [0.15, 0.2) is 23.1 Å². The molecule has 4 N–H and O–H groups in total. The highest BCUT2D eigenvalue weighted by molar-refractivity contribution is 7.89. The van der Waals surface area contributed by atoms with Gasteiger partial charge < -0.3 is 9.84 Å². The van der Waals surface area contributed by atoms with Crippen molar-refractivity contribution < 1.29 is 27.9 Å². The van der Waals surface area contributed by atoms with Gasteiger partial charge in [0, 0.05) is 6.07 Å². The fourth-order valence-electron chi connectivity index (χ4n) is 2.35. The van der Waals surface area contributed by atoms with E-state index >= 15 is 0 Å². The SMILES string of the molecule is CCc1ccc(C(=O)O)c(C(=O)Nc2nc(Cl)cc(OC)n2)c1S(N)(=O)=O. The molecular weight excluding hydrogens is 400 g/mol. The normalized spacial score (nSPS) is 11.1. The number of primary sulfonamides is 1. The molecule has 2 aromatic rings. The maximum Gasteiger partial charge on any atom is 0.336 e. The van der Waals surface area contributed by atoms with Crippen LogP contribution in [-0.2, 0) is 16.4 Å². The number of hydrogen-bond donors (Lipinski definition) is 3. The Morgan fingerprint density at radius 1 is 1.33 bits per heavy atom. The third kappa shape index (κ3) is 4.51. The minimum Gasteiger partial charge on any atom is -0.481 e. The van der Waals surface area contributed by atoms with Gasteiger partial charge in [0.25, 0.3) is 5.91 Å². The lowest BCUT2D eigenvalue weighted by atomic mass is 10.0. The summed E-state index contributed by atoms with van der Waals surface area (Å²) in [5, 5.41) is 16.8. The Bertz CT molecular complexity index is 1030. The molecule has 0 spiro atoms. The number of benzene rings is 1. The molecule has 0 atom stereocenters. The Labute approximate surface area is 159 Å². The summed E-state index contributed by atoms with van der Waals surface area (Å²) in [7, 11) is -3.09. The lowest BCUT2D eigenvalue weighted by Crippen LogP contribution is -2.25. The maximum absolute atomic E-state index is 12.7. The van der Waals surface area contributed by atoms with Crippen LogP contribution < -0.4 is 15.2 Å². The molecule has 0 radical (unpaired) electrons. The molecule has 0 fully saturated rings. The van der Waals surface area contributed by atoms with E-state index in [1.54, 1.807) is 6.92 Å². The van der Waals surface area contributed by atoms with Crippen LogP contribution in [0.5, 0.6) is 5.88 Å². The molecule has 0 saturated carbocycles. The number of amides is 1. The number of nitrogens with zero attached hydrogens (tertiary/aromatic N) is 2. The molecule has 27 heavy (non-hydrogen) atoms. The number of carbonyl (C=O) groups excluding carboxylic acids is 1. The van der Waals surface area contributed by atoms with Crippen LogP contribution in [0.1, 0.15) is 33.2 Å². The van der Waals surface area contributed by atoms with Crippen LogP contribution in [-0.4, -0.2) is 42.5 Å². The number of aromatic carboxylic acids is 1. The van der Waals surface area contributed by atoms with Crippen LogP contribution in [0, 0.1) is 0 Å². The summed E-state index contributed by atoms with van der Waals surface area (Å²) in [6, 6.07) is 3.70. The topological polar surface area (TPSA) is 162 Å². The predicted octanol–water partition coefficient (Wildman–Crippen LogP) is 1.30. The average Bonchev–Trinajstić information content (AvgIpc) is 2.58. The highest BCUT2D eigenvalue weighted by Crippen LogP contribution is 2.26. The molecule has 1 heterocycles. The Hall–Kier alpha value is -2.76. The number of nitrogens with two attached hydrogens (primary N) is 1. The molecule has 0 unspecified atom stereocenters. The number of nitrogens with one attached hydrogen (secondary N) is 1. The molecular formula is C15H15ClN4O6S. The van der Waals surface area contributed by atoms with Crippen molar-refractivity contribution >= 4 is 39.4 Å². The van der Waals surface area contributed by atoms with Gasteiger partial charge in [-0.25, -0.2) is 23.3 Å². The minimum absolute atomic E-state index is 0.0396. The van der Waals surface area contributed by atoms with Gasteiger partial charge in [-0.2, -0.15) is 4.98 Å². The van der Waals surface area contributed by atoms with E-state index in [-0.39, 0.29) is 29.0 Å². The molecule has 0 saturated heterocycles. The molecule has 1 aromatic heterocycles. The van der Waals surface area contributed by atoms with Gasteiger partial charge in [0.15, 0.2) is 0 Å². The second kappa shape index (κ2) is 7.86. The number of anilines is 1. The number of methoxy groups -OCH3 is 1. The molecule has 0 aliphatic carbocycles. The Morgan fingerprint density at radius 3 is 2.52 bits per heavy atom. The Morgan fingerprint density at radius 2 is 2.00 bits per heavy atom. The molecule has 1 amide bonds. The van der Waals surface area contributed by atoms with Crippen LogP contribution in [0.3, 0.4) is 0 Å². The second-order valence-electron chi connectivity index (χ2n) is 5.19. The van der Waals surface area contributed by atoms with Crippen LogP contribution in [0.2, 0.25) is 5.15 Å². The standard InChI is InChI=1S/C15H15ClN4O6S/c1-3-7-4-5-8(14(22)23)11(12(7)27(17,24)25)13(21)20-15-18-9(16)6-10(19-15)26-2/h4-6H,3H2,1-2H3,(H,22,23)(H2,17,24,25)(H,18,19,20,21). The van der Waals surface area contributed by atoms with Crippen molar-refractivity contribution in [1.82, 2.24) is 9.97 Å². The first kappa shape index (κ1) is 20.6. The van der Waals surface area contributed by atoms with E-state index in [2.05, 4.69) is 15.3 Å². The zero-order valence-corrected chi connectivity index (χ0v) is 15.8. The lowest BCUT2D eigenvalue weighted by Gasteiger charge is -2.14. The molecule has 1 aromatic carbocycles. The number of carbonyl (C=O) groups is 2. The van der Waals surface area contributed by atoms with E-state index in [0.717, 1.165) is 6.07 Å². The highest BCUT2D eigenvalue weighted by atomic mass is 35.5. The third-order valence-corrected chi connectivity index (χ3v) is 4.70. The number of hydrogen-bond acceptors (Lipinski definition) is 7. The predicted molar refractivity (Wildman–Crippen MR) is 95.7 cm³/mol. The summed E-state index contributed by atoms with van der Waals surface area (Å²) in [4.78, 5) is 31.3. The number of sulfonamides is 1. The third-order valence-electron chi connectivity index (χ3n) is 3.47. The Kier molecular flexibility index (Phi) is 5.98. The highest BCUT2D eigenvalue weighted by Gasteiger charge is 2.29. The lowest BCUT2D eigenvalue weighted by molar-refractivity contribution is 0.0692. The summed E-state index contributed by atoms with van der Waals surface area (Å²) in [6.45, 7) is 1.64. The van der Waals surface area contributed by atoms with Crippen molar-refractivity contribution in [3.63, 3.8) is 0 Å². The fraction of sp³-hybridized carbons (Fsp3) is 0.200. The van der Waals surface area contributed by atoms with Gasteiger partial charge in [0.05, 0.1) is 23.1 Å². The van der Waals surface area contributed by atoms with E-state index in [9.17, 15) is 23.1 Å². The van der Waals surface area contributed by atoms with Crippen molar-refractivity contribution in [1.29, 1.82) is 0 Å². The summed E-state index contributed by atoms with van der Waals surface area (Å²) in [5.74, 6) is -2.84. The van der Waals surface area contributed by atoms with Crippen molar-refractivity contribution in [3.05, 3.63) is 40.0 Å². The van der Waals surface area contributed by atoms with Gasteiger partial charge >= 0.3 is 5.97 Å². The van der Waals surface area contributed by atoms with Gasteiger partial charge in [0.2, 0.25) is 21.9 Å². The van der Waals surface area contributed by atoms with Crippen molar-refractivity contribution in [2.75, 3.05) is 12.4 Å². The molecule has 0 aliphatic heterocycles. The zero-order valence-electron chi connectivity index (χ0n) is 14.2. The van der Waals surface area contributed by atoms with Crippen LogP contribution in [0.4, 0.5) is 5.95 Å². The zero-order chi connectivity index (χ0) is 20.4. The van der Waals surface area contributed by atoms with Crippen molar-refractivity contribution in [2.24, 2.45) is 5.14 Å². The fourth-order valence-corrected chi connectivity index (χ4v) is 3.59. The molecule has 144 valence electrons. The first-order valence-corrected chi connectivity index (χ1v) is 9.32. The van der Waals surface area contributed by atoms with E-state index < -0.39 is 37.9 Å². The quantitative estimate of drug-likeness (QED) is 0.595. The smallest absolute Gasteiger partial charge is 0.336 e. The molecule has 0 bridgehead atoms. The summed E-state index contributed by atoms with van der Waals surface area (Å²) in [6.07, 6.45) is 0.202. The van der Waals surface area contributed by atoms with Gasteiger partial charge in [0.1, 0.15) is 5.15 Å². The number of carboxylic acid groups (broad SMARTS) is 1. The number of rotatable bonds is 6. The van der Waals surface area contributed by atoms with E-state index in [4.69, 9.17) is 21.5 Å². The molecule has 10 nitrogen and oxygen atoms in total. The van der Waals surface area contributed by atoms with E-state index in [1.807, 2.05) is 0 Å². The number of ether oxygens (including phenoxy) is 1. The van der Waals surface area contributed by atoms with E-state index in [1.165, 1.54) is 19.2 Å². The number of halogens is 1. The number of aryl methyl sites for hydroxylation is 1. The second-order valence-corrected chi connectivity index (χ2v) is 7.08. The van der Waals surface area contributed by atoms with E-state index in [0.29, 0.717) is 0 Å². The van der Waals surface area contributed by atoms with Crippen molar-refractivity contribution in [2.45, 2.75) is 18.2 Å². The maximum atomic E-state index is 12.7. The summed E-state index contributed by atoms with van der Waals surface area (Å²) in [5.41, 5.74) is -0.966. The van der Waals surface area contributed by atoms with Gasteiger partial charge in [-0.1, -0.05) is 24.6 Å². The molecule has 0 aliphatic rings. The largest absolute Gasteiger partial charge is 0.481 e. The molecule has 12 heteroatoms. The van der Waals surface area contributed by atoms with Gasteiger partial charge in [-0.15, -0.1) is 0 Å². The number of aromatic nitrogens is 2. The first-order valence-electron chi connectivity index (χ1n) is 7.40. The van der Waals surface area contributed by atoms with Gasteiger partial charge in [-0.3, -0.25) is 10.1 Å². The Balaban J connectivity index is 2.67. The summed E-state index contributed by atoms with van der Waals surface area (Å²) < 4.78 is 29.0. The minimum atomic E-state index is -4.41. The monoisotopic (exact) mass is 414 g/mol. The van der Waals surface area contributed by atoms with Gasteiger partial charge in [-0.05, 0) is 18.1 Å².